The summed E-state index contributed by atoms with van der Waals surface area (Å²) in [6, 6.07) is 5.61. The van der Waals surface area contributed by atoms with Crippen LogP contribution in [0.3, 0.4) is 0 Å². The molecule has 1 aromatic carbocycles. The molecule has 1 aromatic heterocycles. The highest BCUT2D eigenvalue weighted by Gasteiger charge is 2.35. The Kier molecular flexibility index (Phi) is 5.22. The van der Waals surface area contributed by atoms with Crippen LogP contribution in [-0.2, 0) is 4.79 Å². The molecule has 6 nitrogen and oxygen atoms in total. The van der Waals surface area contributed by atoms with Crippen LogP contribution in [0.2, 0.25) is 0 Å². The summed E-state index contributed by atoms with van der Waals surface area (Å²) < 4.78 is 18.5. The molecule has 2 aromatic rings. The summed E-state index contributed by atoms with van der Waals surface area (Å²) in [6.45, 7) is 1.68. The first-order chi connectivity index (χ1) is 13.9. The van der Waals surface area contributed by atoms with Crippen LogP contribution in [-0.4, -0.2) is 40.9 Å². The highest BCUT2D eigenvalue weighted by Crippen LogP contribution is 2.31. The predicted octanol–water partition coefficient (Wildman–Crippen LogP) is 3.62. The molecule has 1 fully saturated rings. The molecule has 1 aliphatic carbocycles. The van der Waals surface area contributed by atoms with Gasteiger partial charge in [-0.2, -0.15) is 0 Å². The molecule has 2 heterocycles. The second-order valence-corrected chi connectivity index (χ2v) is 7.83. The van der Waals surface area contributed by atoms with Crippen molar-refractivity contribution in [3.8, 4) is 11.3 Å². The molecular formula is C22H24FN3O3. The van der Waals surface area contributed by atoms with E-state index in [1.807, 2.05) is 0 Å². The van der Waals surface area contributed by atoms with Crippen molar-refractivity contribution in [2.45, 2.75) is 51.1 Å². The predicted molar refractivity (Wildman–Crippen MR) is 106 cm³/mol. The topological polar surface area (TPSA) is 75.4 Å². The van der Waals surface area contributed by atoms with Crippen molar-refractivity contribution in [2.24, 2.45) is 0 Å². The van der Waals surface area contributed by atoms with Crippen LogP contribution in [0.5, 0.6) is 0 Å². The smallest absolute Gasteiger partial charge is 0.243 e. The number of ketones is 1. The third-order valence-corrected chi connectivity index (χ3v) is 5.77. The molecule has 0 bridgehead atoms. The Bertz CT molecular complexity index is 958. The summed E-state index contributed by atoms with van der Waals surface area (Å²) in [5.74, 6) is -0.222. The number of Topliss-reactive ketones (excluding diaryl/α,β-unsaturated/α-hetero) is 1. The fraction of sp³-hybridized carbons (Fsp3) is 0.409. The van der Waals surface area contributed by atoms with Gasteiger partial charge in [0.1, 0.15) is 23.3 Å². The number of carbonyl (C=O) groups excluding carboxylic acids is 2. The Morgan fingerprint density at radius 1 is 1.21 bits per heavy atom. The van der Waals surface area contributed by atoms with Crippen LogP contribution in [0, 0.1) is 12.7 Å². The summed E-state index contributed by atoms with van der Waals surface area (Å²) in [5, 5.41) is 7.12. The number of hydrogen-bond acceptors (Lipinski definition) is 5. The molecule has 0 spiro atoms. The van der Waals surface area contributed by atoms with E-state index in [-0.39, 0.29) is 23.5 Å². The Hall–Kier alpha value is -2.96. The number of hydrogen-bond donors (Lipinski definition) is 1. The minimum atomic E-state index is -0.399. The van der Waals surface area contributed by atoms with Gasteiger partial charge in [0.2, 0.25) is 5.91 Å². The summed E-state index contributed by atoms with van der Waals surface area (Å²) in [7, 11) is 1.81. The zero-order valence-electron chi connectivity index (χ0n) is 16.6. The van der Waals surface area contributed by atoms with Gasteiger partial charge < -0.3 is 14.7 Å². The van der Waals surface area contributed by atoms with Crippen molar-refractivity contribution >= 4 is 11.7 Å². The standard InChI is InChI=1S/C22H24FN3O3/c1-13-19(20(25-29-13)14-7-9-16(23)10-8-14)21(27)15-11-18(26(2)12-15)22(28)24-17-5-3-4-6-17/h7-10,12,17-18H,3-6,11H2,1-2H3,(H,24,28). The van der Waals surface area contributed by atoms with E-state index in [0.717, 1.165) is 25.7 Å². The maximum atomic E-state index is 13.3. The summed E-state index contributed by atoms with van der Waals surface area (Å²) in [5.41, 5.74) is 1.88. The first kappa shape index (κ1) is 19.4. The third kappa shape index (κ3) is 3.81. The van der Waals surface area contributed by atoms with Crippen LogP contribution in [0.25, 0.3) is 11.3 Å². The quantitative estimate of drug-likeness (QED) is 0.780. The van der Waals surface area contributed by atoms with Crippen molar-refractivity contribution in [1.29, 1.82) is 0 Å². The van der Waals surface area contributed by atoms with Gasteiger partial charge in [-0.15, -0.1) is 0 Å². The number of benzene rings is 1. The van der Waals surface area contributed by atoms with E-state index in [9.17, 15) is 14.0 Å². The molecule has 4 rings (SSSR count). The molecule has 0 saturated heterocycles. The first-order valence-electron chi connectivity index (χ1n) is 9.94. The zero-order valence-corrected chi connectivity index (χ0v) is 16.6. The number of rotatable bonds is 5. The molecule has 1 unspecified atom stereocenters. The van der Waals surface area contributed by atoms with Crippen molar-refractivity contribution in [2.75, 3.05) is 7.05 Å². The lowest BCUT2D eigenvalue weighted by atomic mass is 9.96. The lowest BCUT2D eigenvalue weighted by molar-refractivity contribution is -0.125. The SMILES string of the molecule is Cc1onc(-c2ccc(F)cc2)c1C(=O)C1=CN(C)C(C(=O)NC2CCCC2)C1. The molecule has 7 heteroatoms. The summed E-state index contributed by atoms with van der Waals surface area (Å²) in [4.78, 5) is 27.7. The lowest BCUT2D eigenvalue weighted by Crippen LogP contribution is -2.44. The second kappa shape index (κ2) is 7.81. The molecular weight excluding hydrogens is 373 g/mol. The first-order valence-corrected chi connectivity index (χ1v) is 9.94. The molecule has 29 heavy (non-hydrogen) atoms. The van der Waals surface area contributed by atoms with E-state index in [4.69, 9.17) is 4.52 Å². The maximum Gasteiger partial charge on any atom is 0.243 e. The summed E-state index contributed by atoms with van der Waals surface area (Å²) >= 11 is 0. The zero-order chi connectivity index (χ0) is 20.5. The monoisotopic (exact) mass is 397 g/mol. The minimum absolute atomic E-state index is 0.0424. The van der Waals surface area contributed by atoms with E-state index in [1.165, 1.54) is 12.1 Å². The van der Waals surface area contributed by atoms with E-state index in [0.29, 0.717) is 34.6 Å². The lowest BCUT2D eigenvalue weighted by Gasteiger charge is -2.22. The molecule has 1 atom stereocenters. The van der Waals surface area contributed by atoms with Crippen molar-refractivity contribution < 1.29 is 18.5 Å². The normalized spacial score (nSPS) is 19.5. The van der Waals surface area contributed by atoms with Gasteiger partial charge in [0, 0.05) is 36.8 Å². The molecule has 1 amide bonds. The Morgan fingerprint density at radius 3 is 2.59 bits per heavy atom. The van der Waals surface area contributed by atoms with Gasteiger partial charge in [-0.1, -0.05) is 18.0 Å². The fourth-order valence-corrected chi connectivity index (χ4v) is 4.14. The molecule has 0 radical (unpaired) electrons. The number of aromatic nitrogens is 1. The molecule has 1 N–H and O–H groups in total. The average molecular weight is 397 g/mol. The van der Waals surface area contributed by atoms with Gasteiger partial charge in [0.25, 0.3) is 0 Å². The van der Waals surface area contributed by atoms with Gasteiger partial charge >= 0.3 is 0 Å². The summed E-state index contributed by atoms with van der Waals surface area (Å²) in [6.07, 6.45) is 6.38. The minimum Gasteiger partial charge on any atom is -0.368 e. The number of halogens is 1. The Balaban J connectivity index is 1.53. The van der Waals surface area contributed by atoms with Crippen molar-refractivity contribution in [3.05, 3.63) is 53.2 Å². The fourth-order valence-electron chi connectivity index (χ4n) is 4.14. The van der Waals surface area contributed by atoms with E-state index in [1.54, 1.807) is 37.2 Å². The van der Waals surface area contributed by atoms with Crippen molar-refractivity contribution in [3.63, 3.8) is 0 Å². The number of nitrogens with one attached hydrogen (secondary N) is 1. The maximum absolute atomic E-state index is 13.3. The Labute approximate surface area is 168 Å². The van der Waals surface area contributed by atoms with Crippen LogP contribution in [0.4, 0.5) is 4.39 Å². The average Bonchev–Trinajstić information content (AvgIpc) is 3.42. The van der Waals surface area contributed by atoms with Gasteiger partial charge in [-0.3, -0.25) is 9.59 Å². The third-order valence-electron chi connectivity index (χ3n) is 5.77. The van der Waals surface area contributed by atoms with E-state index < -0.39 is 6.04 Å². The Morgan fingerprint density at radius 2 is 1.90 bits per heavy atom. The van der Waals surface area contributed by atoms with Crippen LogP contribution in [0.15, 0.2) is 40.6 Å². The molecule has 1 aliphatic heterocycles. The van der Waals surface area contributed by atoms with Crippen LogP contribution < -0.4 is 5.32 Å². The number of carbonyl (C=O) groups is 2. The highest BCUT2D eigenvalue weighted by molar-refractivity contribution is 6.13. The van der Waals surface area contributed by atoms with E-state index in [2.05, 4.69) is 10.5 Å². The largest absolute Gasteiger partial charge is 0.368 e. The van der Waals surface area contributed by atoms with Gasteiger partial charge in [0.05, 0.1) is 5.56 Å². The van der Waals surface area contributed by atoms with Gasteiger partial charge in [-0.25, -0.2) is 4.39 Å². The van der Waals surface area contributed by atoms with Crippen molar-refractivity contribution in [1.82, 2.24) is 15.4 Å². The number of amides is 1. The van der Waals surface area contributed by atoms with E-state index >= 15 is 0 Å². The second-order valence-electron chi connectivity index (χ2n) is 7.83. The van der Waals surface area contributed by atoms with Gasteiger partial charge in [0.15, 0.2) is 5.78 Å². The molecule has 2 aliphatic rings. The highest BCUT2D eigenvalue weighted by atomic mass is 19.1. The molecule has 1 saturated carbocycles. The van der Waals surface area contributed by atoms with Crippen LogP contribution in [0.1, 0.15) is 48.2 Å². The van der Waals surface area contributed by atoms with Crippen LogP contribution >= 0.6 is 0 Å². The number of likely N-dealkylation sites (N-methyl/N-ethyl adjacent to an activating group) is 1. The number of aryl methyl sites for hydroxylation is 1. The number of nitrogens with zero attached hydrogens (tertiary/aromatic N) is 2. The van der Waals surface area contributed by atoms with Gasteiger partial charge in [-0.05, 0) is 44.0 Å². The molecule has 152 valence electrons.